The Kier molecular flexibility index (Phi) is 4.92. The van der Waals surface area contributed by atoms with Crippen molar-refractivity contribution in [2.24, 2.45) is 0 Å². The highest BCUT2D eigenvalue weighted by atomic mass is 35.5. The van der Waals surface area contributed by atoms with E-state index in [1.54, 1.807) is 0 Å². The van der Waals surface area contributed by atoms with E-state index >= 15 is 0 Å². The van der Waals surface area contributed by atoms with Gasteiger partial charge in [-0.25, -0.2) is 8.78 Å². The van der Waals surface area contributed by atoms with Crippen molar-refractivity contribution in [2.45, 2.75) is 12.8 Å². The van der Waals surface area contributed by atoms with Gasteiger partial charge in [0.1, 0.15) is 11.6 Å². The lowest BCUT2D eigenvalue weighted by Crippen LogP contribution is -2.37. The molecule has 100 valence electrons. The van der Waals surface area contributed by atoms with Gasteiger partial charge < -0.3 is 4.74 Å². The molecule has 0 N–H and O–H groups in total. The van der Waals surface area contributed by atoms with Gasteiger partial charge in [-0.2, -0.15) is 0 Å². The Labute approximate surface area is 110 Å². The van der Waals surface area contributed by atoms with Crippen LogP contribution in [0.3, 0.4) is 0 Å². The first-order valence-electron chi connectivity index (χ1n) is 6.10. The van der Waals surface area contributed by atoms with Crippen LogP contribution in [-0.2, 0) is 11.2 Å². The molecule has 5 heteroatoms. The molecule has 0 bridgehead atoms. The lowest BCUT2D eigenvalue weighted by molar-refractivity contribution is 0.0374. The molecule has 0 aromatic heterocycles. The fraction of sp³-hybridized carbons (Fsp3) is 0.538. The molecule has 18 heavy (non-hydrogen) atoms. The highest BCUT2D eigenvalue weighted by Gasteiger charge is 2.13. The summed E-state index contributed by atoms with van der Waals surface area (Å²) in [5.41, 5.74) is 0.132. The maximum Gasteiger partial charge on any atom is 0.130 e. The molecule has 1 aliphatic heterocycles. The van der Waals surface area contributed by atoms with E-state index in [1.807, 2.05) is 0 Å². The molecule has 0 amide bonds. The number of hydrogen-bond donors (Lipinski definition) is 0. The Morgan fingerprint density at radius 2 is 1.78 bits per heavy atom. The van der Waals surface area contributed by atoms with Gasteiger partial charge in [0, 0.05) is 23.7 Å². The molecule has 0 saturated carbocycles. The van der Waals surface area contributed by atoms with Crippen molar-refractivity contribution in [3.8, 4) is 0 Å². The van der Waals surface area contributed by atoms with Crippen LogP contribution in [0.1, 0.15) is 12.0 Å². The molecule has 2 rings (SSSR count). The summed E-state index contributed by atoms with van der Waals surface area (Å²) >= 11 is 5.58. The number of ether oxygens (including phenoxy) is 1. The topological polar surface area (TPSA) is 12.5 Å². The SMILES string of the molecule is Fc1cc(Cl)cc(F)c1CCCN1CCOCC1. The largest absolute Gasteiger partial charge is 0.379 e. The van der Waals surface area contributed by atoms with Crippen LogP contribution < -0.4 is 0 Å². The highest BCUT2D eigenvalue weighted by molar-refractivity contribution is 6.30. The number of nitrogens with zero attached hydrogens (tertiary/aromatic N) is 1. The first-order chi connectivity index (χ1) is 8.66. The summed E-state index contributed by atoms with van der Waals surface area (Å²) in [5, 5.41) is 0.0990. The van der Waals surface area contributed by atoms with Gasteiger partial charge in [0.2, 0.25) is 0 Å². The first kappa shape index (κ1) is 13.7. The molecule has 1 aliphatic rings. The molecule has 0 unspecified atom stereocenters. The lowest BCUT2D eigenvalue weighted by Gasteiger charge is -2.26. The van der Waals surface area contributed by atoms with Crippen LogP contribution in [-0.4, -0.2) is 37.7 Å². The molecule has 1 fully saturated rings. The number of rotatable bonds is 4. The average Bonchev–Trinajstić information content (AvgIpc) is 2.34. The van der Waals surface area contributed by atoms with Crippen molar-refractivity contribution >= 4 is 11.6 Å². The number of hydrogen-bond acceptors (Lipinski definition) is 2. The van der Waals surface area contributed by atoms with Crippen molar-refractivity contribution in [2.75, 3.05) is 32.8 Å². The van der Waals surface area contributed by atoms with Gasteiger partial charge in [-0.05, 0) is 31.5 Å². The predicted octanol–water partition coefficient (Wildman–Crippen LogP) is 2.88. The maximum absolute atomic E-state index is 13.5. The molecule has 2 nitrogen and oxygen atoms in total. The van der Waals surface area contributed by atoms with Crippen molar-refractivity contribution in [1.29, 1.82) is 0 Å². The molecular formula is C13H16ClF2NO. The van der Waals surface area contributed by atoms with Crippen LogP contribution in [0.5, 0.6) is 0 Å². The third-order valence-corrected chi connectivity index (χ3v) is 3.33. The Morgan fingerprint density at radius 3 is 2.39 bits per heavy atom. The number of benzene rings is 1. The van der Waals surface area contributed by atoms with Crippen LogP contribution in [0, 0.1) is 11.6 Å². The van der Waals surface area contributed by atoms with Crippen molar-refractivity contribution in [3.05, 3.63) is 34.4 Å². The molecule has 0 radical (unpaired) electrons. The summed E-state index contributed by atoms with van der Waals surface area (Å²) in [4.78, 5) is 2.25. The van der Waals surface area contributed by atoms with Crippen molar-refractivity contribution in [1.82, 2.24) is 4.90 Å². The van der Waals surface area contributed by atoms with Crippen molar-refractivity contribution < 1.29 is 13.5 Å². The second-order valence-corrected chi connectivity index (χ2v) is 4.84. The summed E-state index contributed by atoms with van der Waals surface area (Å²) in [7, 11) is 0. The van der Waals surface area contributed by atoms with E-state index in [-0.39, 0.29) is 10.6 Å². The van der Waals surface area contributed by atoms with Gasteiger partial charge in [-0.1, -0.05) is 11.6 Å². The Morgan fingerprint density at radius 1 is 1.17 bits per heavy atom. The average molecular weight is 276 g/mol. The van der Waals surface area contributed by atoms with Gasteiger partial charge in [-0.3, -0.25) is 4.90 Å². The monoisotopic (exact) mass is 275 g/mol. The fourth-order valence-electron chi connectivity index (χ4n) is 2.12. The summed E-state index contributed by atoms with van der Waals surface area (Å²) in [6, 6.07) is 2.32. The van der Waals surface area contributed by atoms with Crippen molar-refractivity contribution in [3.63, 3.8) is 0 Å². The number of halogens is 3. The maximum atomic E-state index is 13.5. The zero-order valence-electron chi connectivity index (χ0n) is 10.1. The quantitative estimate of drug-likeness (QED) is 0.838. The predicted molar refractivity (Wildman–Crippen MR) is 66.9 cm³/mol. The second-order valence-electron chi connectivity index (χ2n) is 4.41. The summed E-state index contributed by atoms with van der Waals surface area (Å²) in [6.07, 6.45) is 1.13. The molecule has 0 atom stereocenters. The Hall–Kier alpha value is -0.710. The number of morpholine rings is 1. The summed E-state index contributed by atoms with van der Waals surface area (Å²) in [5.74, 6) is -1.11. The van der Waals surface area contributed by atoms with E-state index in [9.17, 15) is 8.78 Å². The van der Waals surface area contributed by atoms with E-state index in [4.69, 9.17) is 16.3 Å². The lowest BCUT2D eigenvalue weighted by atomic mass is 10.1. The minimum Gasteiger partial charge on any atom is -0.379 e. The van der Waals surface area contributed by atoms with Crippen LogP contribution in [0.2, 0.25) is 5.02 Å². The van der Waals surface area contributed by atoms with E-state index < -0.39 is 11.6 Å². The smallest absolute Gasteiger partial charge is 0.130 e. The molecule has 1 saturated heterocycles. The van der Waals surface area contributed by atoms with Crippen LogP contribution in [0.15, 0.2) is 12.1 Å². The molecule has 1 aromatic carbocycles. The first-order valence-corrected chi connectivity index (χ1v) is 6.48. The molecule has 1 heterocycles. The minimum absolute atomic E-state index is 0.0990. The van der Waals surface area contributed by atoms with E-state index in [0.29, 0.717) is 6.42 Å². The van der Waals surface area contributed by atoms with Crippen LogP contribution in [0.4, 0.5) is 8.78 Å². The normalized spacial score (nSPS) is 17.1. The highest BCUT2D eigenvalue weighted by Crippen LogP contribution is 2.20. The van der Waals surface area contributed by atoms with E-state index in [0.717, 1.165) is 51.4 Å². The zero-order valence-corrected chi connectivity index (χ0v) is 10.8. The Bertz CT molecular complexity index is 385. The van der Waals surface area contributed by atoms with Crippen LogP contribution in [0.25, 0.3) is 0 Å². The Balaban J connectivity index is 1.86. The van der Waals surface area contributed by atoms with Gasteiger partial charge in [0.05, 0.1) is 13.2 Å². The molecule has 1 aromatic rings. The van der Waals surface area contributed by atoms with E-state index in [2.05, 4.69) is 4.90 Å². The van der Waals surface area contributed by atoms with Gasteiger partial charge in [0.15, 0.2) is 0 Å². The standard InChI is InChI=1S/C13H16ClF2NO/c14-10-8-12(15)11(13(16)9-10)2-1-3-17-4-6-18-7-5-17/h8-9H,1-7H2. The molecular weight excluding hydrogens is 260 g/mol. The van der Waals surface area contributed by atoms with Gasteiger partial charge >= 0.3 is 0 Å². The third-order valence-electron chi connectivity index (χ3n) is 3.11. The summed E-state index contributed by atoms with van der Waals surface area (Å²) in [6.45, 7) is 4.11. The molecule has 0 spiro atoms. The zero-order chi connectivity index (χ0) is 13.0. The molecule has 0 aliphatic carbocycles. The minimum atomic E-state index is -0.554. The van der Waals surface area contributed by atoms with Gasteiger partial charge in [0.25, 0.3) is 0 Å². The van der Waals surface area contributed by atoms with E-state index in [1.165, 1.54) is 0 Å². The van der Waals surface area contributed by atoms with Gasteiger partial charge in [-0.15, -0.1) is 0 Å². The van der Waals surface area contributed by atoms with Crippen LogP contribution >= 0.6 is 11.6 Å². The summed E-state index contributed by atoms with van der Waals surface area (Å²) < 4.78 is 32.3. The third kappa shape index (κ3) is 3.64. The second kappa shape index (κ2) is 6.45. The fourth-order valence-corrected chi connectivity index (χ4v) is 2.31.